The highest BCUT2D eigenvalue weighted by Gasteiger charge is 2.26. The SMILES string of the molecule is CCC[C@@](C)(O)CCC[C@H](NC(=O)OC(C)(C)C)C(=O)OC. The lowest BCUT2D eigenvalue weighted by atomic mass is 9.93. The summed E-state index contributed by atoms with van der Waals surface area (Å²) in [5, 5.41) is 12.7. The summed E-state index contributed by atoms with van der Waals surface area (Å²) in [5.41, 5.74) is -1.38. The highest BCUT2D eigenvalue weighted by Crippen LogP contribution is 2.20. The maximum absolute atomic E-state index is 11.8. The average Bonchev–Trinajstić information content (AvgIpc) is 2.34. The predicted octanol–water partition coefficient (Wildman–Crippen LogP) is 2.77. The van der Waals surface area contributed by atoms with Gasteiger partial charge in [0.05, 0.1) is 12.7 Å². The standard InChI is InChI=1S/C16H31NO5/c1-7-10-16(5,20)11-8-9-12(13(18)21-6)17-14(19)22-15(2,3)4/h12,20H,7-11H2,1-6H3,(H,17,19)/t12-,16+/m0/s1. The molecular formula is C16H31NO5. The van der Waals surface area contributed by atoms with Gasteiger partial charge in [0.1, 0.15) is 11.6 Å². The van der Waals surface area contributed by atoms with Gasteiger partial charge in [-0.15, -0.1) is 0 Å². The van der Waals surface area contributed by atoms with Gasteiger partial charge >= 0.3 is 12.1 Å². The van der Waals surface area contributed by atoms with Crippen molar-refractivity contribution in [3.05, 3.63) is 0 Å². The summed E-state index contributed by atoms with van der Waals surface area (Å²) < 4.78 is 9.84. The summed E-state index contributed by atoms with van der Waals surface area (Å²) in [5.74, 6) is -0.513. The van der Waals surface area contributed by atoms with E-state index >= 15 is 0 Å². The van der Waals surface area contributed by atoms with E-state index in [1.54, 1.807) is 27.7 Å². The Balaban J connectivity index is 4.48. The molecule has 6 nitrogen and oxygen atoms in total. The third-order valence-electron chi connectivity index (χ3n) is 3.17. The van der Waals surface area contributed by atoms with E-state index in [0.717, 1.165) is 6.42 Å². The fraction of sp³-hybridized carbons (Fsp3) is 0.875. The van der Waals surface area contributed by atoms with Crippen molar-refractivity contribution in [1.29, 1.82) is 0 Å². The van der Waals surface area contributed by atoms with Gasteiger partial charge in [-0.1, -0.05) is 13.3 Å². The zero-order chi connectivity index (χ0) is 17.4. The van der Waals surface area contributed by atoms with Crippen LogP contribution in [0.2, 0.25) is 0 Å². The molecule has 0 aliphatic heterocycles. The van der Waals surface area contributed by atoms with Gasteiger partial charge in [-0.3, -0.25) is 0 Å². The minimum atomic E-state index is -0.766. The van der Waals surface area contributed by atoms with E-state index in [0.29, 0.717) is 25.7 Å². The van der Waals surface area contributed by atoms with Crippen LogP contribution in [0.4, 0.5) is 4.79 Å². The Labute approximate surface area is 133 Å². The minimum absolute atomic E-state index is 0.395. The van der Waals surface area contributed by atoms with Crippen molar-refractivity contribution in [3.8, 4) is 0 Å². The number of carbonyl (C=O) groups excluding carboxylic acids is 2. The molecule has 0 unspecified atom stereocenters. The Morgan fingerprint density at radius 3 is 2.23 bits per heavy atom. The lowest BCUT2D eigenvalue weighted by molar-refractivity contribution is -0.143. The number of alkyl carbamates (subject to hydrolysis) is 1. The number of carbonyl (C=O) groups is 2. The van der Waals surface area contributed by atoms with Crippen LogP contribution in [-0.2, 0) is 14.3 Å². The third kappa shape index (κ3) is 9.60. The van der Waals surface area contributed by atoms with Crippen molar-refractivity contribution in [2.45, 2.75) is 84.0 Å². The number of ether oxygens (including phenoxy) is 2. The molecule has 130 valence electrons. The van der Waals surface area contributed by atoms with Crippen molar-refractivity contribution >= 4 is 12.1 Å². The maximum Gasteiger partial charge on any atom is 0.408 e. The van der Waals surface area contributed by atoms with Crippen LogP contribution in [0, 0.1) is 0 Å². The molecule has 1 amide bonds. The molecule has 0 aromatic rings. The van der Waals surface area contributed by atoms with Gasteiger partial charge in [-0.05, 0) is 53.4 Å². The van der Waals surface area contributed by atoms with Gasteiger partial charge in [0.25, 0.3) is 0 Å². The fourth-order valence-electron chi connectivity index (χ4n) is 2.19. The molecule has 22 heavy (non-hydrogen) atoms. The maximum atomic E-state index is 11.8. The van der Waals surface area contributed by atoms with Crippen LogP contribution in [0.3, 0.4) is 0 Å². The molecule has 0 radical (unpaired) electrons. The van der Waals surface area contributed by atoms with Crippen molar-refractivity contribution in [2.75, 3.05) is 7.11 Å². The highest BCUT2D eigenvalue weighted by atomic mass is 16.6. The highest BCUT2D eigenvalue weighted by molar-refractivity contribution is 5.81. The summed E-state index contributed by atoms with van der Waals surface area (Å²) in [6, 6.07) is -0.766. The second-order valence-electron chi connectivity index (χ2n) is 6.86. The van der Waals surface area contributed by atoms with Gasteiger partial charge in [-0.25, -0.2) is 9.59 Å². The van der Waals surface area contributed by atoms with Gasteiger partial charge in [0.15, 0.2) is 0 Å². The molecule has 0 bridgehead atoms. The van der Waals surface area contributed by atoms with E-state index in [-0.39, 0.29) is 0 Å². The third-order valence-corrected chi connectivity index (χ3v) is 3.17. The molecule has 0 heterocycles. The molecule has 2 N–H and O–H groups in total. The molecule has 0 saturated heterocycles. The number of hydrogen-bond donors (Lipinski definition) is 2. The summed E-state index contributed by atoms with van der Waals surface area (Å²) >= 11 is 0. The minimum Gasteiger partial charge on any atom is -0.467 e. The Morgan fingerprint density at radius 1 is 1.18 bits per heavy atom. The second-order valence-corrected chi connectivity index (χ2v) is 6.86. The smallest absolute Gasteiger partial charge is 0.408 e. The lowest BCUT2D eigenvalue weighted by Gasteiger charge is -2.25. The summed E-state index contributed by atoms with van der Waals surface area (Å²) in [4.78, 5) is 23.5. The van der Waals surface area contributed by atoms with Gasteiger partial charge < -0.3 is 19.9 Å². The molecule has 0 fully saturated rings. The van der Waals surface area contributed by atoms with Crippen LogP contribution < -0.4 is 5.32 Å². The van der Waals surface area contributed by atoms with E-state index < -0.39 is 29.3 Å². The summed E-state index contributed by atoms with van der Waals surface area (Å²) in [6.45, 7) is 9.05. The van der Waals surface area contributed by atoms with Crippen molar-refractivity contribution < 1.29 is 24.2 Å². The Bertz CT molecular complexity index is 360. The lowest BCUT2D eigenvalue weighted by Crippen LogP contribution is -2.44. The number of methoxy groups -OCH3 is 1. The normalized spacial score (nSPS) is 15.6. The first-order chi connectivity index (χ1) is 10.0. The van der Waals surface area contributed by atoms with Crippen LogP contribution in [0.15, 0.2) is 0 Å². The van der Waals surface area contributed by atoms with Crippen molar-refractivity contribution in [2.24, 2.45) is 0 Å². The van der Waals surface area contributed by atoms with E-state index in [2.05, 4.69) is 5.32 Å². The zero-order valence-electron chi connectivity index (χ0n) is 14.7. The average molecular weight is 317 g/mol. The summed E-state index contributed by atoms with van der Waals surface area (Å²) in [6.07, 6.45) is 2.50. The van der Waals surface area contributed by atoms with Crippen LogP contribution >= 0.6 is 0 Å². The number of nitrogens with one attached hydrogen (secondary N) is 1. The number of esters is 1. The second kappa shape index (κ2) is 8.98. The molecule has 2 atom stereocenters. The number of aliphatic hydroxyl groups is 1. The van der Waals surface area contributed by atoms with Crippen LogP contribution in [0.1, 0.15) is 66.7 Å². The molecule has 6 heteroatoms. The molecule has 0 spiro atoms. The Kier molecular flexibility index (Phi) is 8.45. The molecule has 0 saturated carbocycles. The topological polar surface area (TPSA) is 84.9 Å². The van der Waals surface area contributed by atoms with Crippen molar-refractivity contribution in [3.63, 3.8) is 0 Å². The first kappa shape index (κ1) is 20.7. The first-order valence-corrected chi connectivity index (χ1v) is 7.80. The van der Waals surface area contributed by atoms with Crippen LogP contribution in [0.25, 0.3) is 0 Å². The fourth-order valence-corrected chi connectivity index (χ4v) is 2.19. The van der Waals surface area contributed by atoms with E-state index in [4.69, 9.17) is 9.47 Å². The molecule has 0 aromatic heterocycles. The van der Waals surface area contributed by atoms with E-state index in [1.807, 2.05) is 6.92 Å². The molecular weight excluding hydrogens is 286 g/mol. The quantitative estimate of drug-likeness (QED) is 0.672. The largest absolute Gasteiger partial charge is 0.467 e. The predicted molar refractivity (Wildman–Crippen MR) is 84.6 cm³/mol. The molecule has 0 aliphatic carbocycles. The molecule has 0 aliphatic rings. The Morgan fingerprint density at radius 2 is 1.77 bits per heavy atom. The van der Waals surface area contributed by atoms with Gasteiger partial charge in [0.2, 0.25) is 0 Å². The monoisotopic (exact) mass is 317 g/mol. The van der Waals surface area contributed by atoms with E-state index in [1.165, 1.54) is 7.11 Å². The Hall–Kier alpha value is -1.30. The van der Waals surface area contributed by atoms with Crippen molar-refractivity contribution in [1.82, 2.24) is 5.32 Å². The van der Waals surface area contributed by atoms with Gasteiger partial charge in [0, 0.05) is 0 Å². The molecule has 0 rings (SSSR count). The number of rotatable bonds is 8. The van der Waals surface area contributed by atoms with E-state index in [9.17, 15) is 14.7 Å². The number of amides is 1. The summed E-state index contributed by atoms with van der Waals surface area (Å²) in [7, 11) is 1.28. The van der Waals surface area contributed by atoms with Gasteiger partial charge in [-0.2, -0.15) is 0 Å². The number of hydrogen-bond acceptors (Lipinski definition) is 5. The van der Waals surface area contributed by atoms with Crippen LogP contribution in [0.5, 0.6) is 0 Å². The first-order valence-electron chi connectivity index (χ1n) is 7.80. The molecule has 0 aromatic carbocycles. The zero-order valence-corrected chi connectivity index (χ0v) is 14.7. The van der Waals surface area contributed by atoms with Crippen LogP contribution in [-0.4, -0.2) is 41.5 Å².